The smallest absolute Gasteiger partial charge is 0.107 e. The second-order valence-corrected chi connectivity index (χ2v) is 4.65. The van der Waals surface area contributed by atoms with Gasteiger partial charge in [0.25, 0.3) is 0 Å². The minimum atomic E-state index is 0.102. The molecule has 0 aromatic heterocycles. The van der Waals surface area contributed by atoms with Crippen molar-refractivity contribution in [2.75, 3.05) is 0 Å². The normalized spacial score (nSPS) is 32.4. The van der Waals surface area contributed by atoms with Gasteiger partial charge in [-0.05, 0) is 33.1 Å². The fourth-order valence-electron chi connectivity index (χ4n) is 2.82. The highest BCUT2D eigenvalue weighted by molar-refractivity contribution is 6.24. The minimum Gasteiger partial charge on any atom is -0.494 e. The Morgan fingerprint density at radius 1 is 1.29 bits per heavy atom. The molecule has 0 aromatic carbocycles. The lowest BCUT2D eigenvalue weighted by molar-refractivity contribution is 0.0511. The van der Waals surface area contributed by atoms with Gasteiger partial charge in [0.15, 0.2) is 0 Å². The summed E-state index contributed by atoms with van der Waals surface area (Å²) in [5.41, 5.74) is 1.67. The molecule has 0 spiro atoms. The minimum absolute atomic E-state index is 0.102. The Hall–Kier alpha value is -1.52. The first-order valence-corrected chi connectivity index (χ1v) is 5.98. The van der Waals surface area contributed by atoms with Gasteiger partial charge in [-0.3, -0.25) is 0 Å². The second kappa shape index (κ2) is 4.77. The zero-order valence-corrected chi connectivity index (χ0v) is 10.2. The van der Waals surface area contributed by atoms with Crippen molar-refractivity contribution in [3.8, 4) is 0 Å². The monoisotopic (exact) mass is 238 g/mol. The number of fused-ring (bicyclic) bond motifs is 1. The molecular formula is C12H18N2O3. The molecule has 2 rings (SSSR count). The summed E-state index contributed by atoms with van der Waals surface area (Å²) in [7, 11) is 0. The summed E-state index contributed by atoms with van der Waals surface area (Å²) >= 11 is 0. The third-order valence-electron chi connectivity index (χ3n) is 3.61. The number of oxime groups is 2. The molecule has 5 heteroatoms. The largest absolute Gasteiger partial charge is 0.494 e. The van der Waals surface area contributed by atoms with E-state index in [-0.39, 0.29) is 12.0 Å². The Morgan fingerprint density at radius 2 is 2.00 bits per heavy atom. The van der Waals surface area contributed by atoms with Crippen LogP contribution in [-0.4, -0.2) is 27.9 Å². The van der Waals surface area contributed by atoms with Gasteiger partial charge in [0.05, 0.1) is 17.0 Å². The van der Waals surface area contributed by atoms with Crippen LogP contribution in [0, 0.1) is 5.92 Å². The topological polar surface area (TPSA) is 74.4 Å². The molecule has 94 valence electrons. The second-order valence-electron chi connectivity index (χ2n) is 4.65. The van der Waals surface area contributed by atoms with E-state index in [1.165, 1.54) is 0 Å². The van der Waals surface area contributed by atoms with E-state index < -0.39 is 0 Å². The summed E-state index contributed by atoms with van der Waals surface area (Å²) in [6.45, 7) is 3.50. The fraction of sp³-hybridized carbons (Fsp3) is 0.667. The van der Waals surface area contributed by atoms with Gasteiger partial charge in [0.2, 0.25) is 0 Å². The van der Waals surface area contributed by atoms with Crippen molar-refractivity contribution in [1.82, 2.24) is 0 Å². The van der Waals surface area contributed by atoms with Crippen LogP contribution in [0.15, 0.2) is 21.6 Å². The van der Waals surface area contributed by atoms with Crippen molar-refractivity contribution in [1.29, 1.82) is 0 Å². The summed E-state index contributed by atoms with van der Waals surface area (Å²) in [5, 5.41) is 24.7. The van der Waals surface area contributed by atoms with Gasteiger partial charge in [-0.25, -0.2) is 0 Å². The predicted octanol–water partition coefficient (Wildman–Crippen LogP) is 2.53. The number of hydrogen-bond donors (Lipinski definition) is 2. The van der Waals surface area contributed by atoms with Crippen molar-refractivity contribution in [2.45, 2.75) is 45.6 Å². The summed E-state index contributed by atoms with van der Waals surface area (Å²) in [5.74, 6) is 0.792. The number of allylic oxidation sites excluding steroid dienone is 2. The van der Waals surface area contributed by atoms with E-state index in [0.29, 0.717) is 22.8 Å². The van der Waals surface area contributed by atoms with E-state index in [9.17, 15) is 5.21 Å². The fourth-order valence-corrected chi connectivity index (χ4v) is 2.82. The highest BCUT2D eigenvalue weighted by Crippen LogP contribution is 2.36. The Labute approximate surface area is 100 Å². The van der Waals surface area contributed by atoms with E-state index in [1.807, 2.05) is 6.92 Å². The van der Waals surface area contributed by atoms with Gasteiger partial charge in [-0.2, -0.15) is 0 Å². The quantitative estimate of drug-likeness (QED) is 0.419. The number of hydrogen-bond acceptors (Lipinski definition) is 5. The van der Waals surface area contributed by atoms with Gasteiger partial charge < -0.3 is 15.2 Å². The molecule has 0 aromatic rings. The first kappa shape index (κ1) is 12.0. The Bertz CT molecular complexity index is 399. The van der Waals surface area contributed by atoms with Crippen LogP contribution in [0.3, 0.4) is 0 Å². The van der Waals surface area contributed by atoms with Gasteiger partial charge in [0.1, 0.15) is 11.9 Å². The summed E-state index contributed by atoms with van der Waals surface area (Å²) < 4.78 is 5.85. The highest BCUT2D eigenvalue weighted by Gasteiger charge is 2.38. The van der Waals surface area contributed by atoms with E-state index in [2.05, 4.69) is 10.3 Å². The zero-order valence-electron chi connectivity index (χ0n) is 10.2. The number of nitrogens with zero attached hydrogens (tertiary/aromatic N) is 2. The third-order valence-corrected chi connectivity index (χ3v) is 3.61. The van der Waals surface area contributed by atoms with Crippen molar-refractivity contribution >= 4 is 11.4 Å². The maximum Gasteiger partial charge on any atom is 0.107 e. The highest BCUT2D eigenvalue weighted by atomic mass is 16.5. The van der Waals surface area contributed by atoms with E-state index in [1.54, 1.807) is 6.92 Å². The summed E-state index contributed by atoms with van der Waals surface area (Å²) in [6.07, 6.45) is 4.31. The summed E-state index contributed by atoms with van der Waals surface area (Å²) in [4.78, 5) is 0. The maximum absolute atomic E-state index is 9.22. The first-order chi connectivity index (χ1) is 8.19. The molecule has 0 amide bonds. The molecule has 2 atom stereocenters. The van der Waals surface area contributed by atoms with Gasteiger partial charge in [-0.15, -0.1) is 0 Å². The van der Waals surface area contributed by atoms with Crippen LogP contribution in [0.2, 0.25) is 0 Å². The lowest BCUT2D eigenvalue weighted by Crippen LogP contribution is -2.40. The molecule has 1 fully saturated rings. The predicted molar refractivity (Wildman–Crippen MR) is 63.6 cm³/mol. The van der Waals surface area contributed by atoms with Crippen molar-refractivity contribution < 1.29 is 15.2 Å². The van der Waals surface area contributed by atoms with Crippen molar-refractivity contribution in [3.63, 3.8) is 0 Å². The molecular weight excluding hydrogens is 220 g/mol. The van der Waals surface area contributed by atoms with Gasteiger partial charge in [-0.1, -0.05) is 16.7 Å². The lowest BCUT2D eigenvalue weighted by atomic mass is 9.78. The molecule has 0 saturated heterocycles. The van der Waals surface area contributed by atoms with E-state index in [0.717, 1.165) is 25.7 Å². The van der Waals surface area contributed by atoms with Crippen LogP contribution in [0.4, 0.5) is 0 Å². The van der Waals surface area contributed by atoms with E-state index >= 15 is 0 Å². The molecule has 0 bridgehead atoms. The average molecular weight is 238 g/mol. The average Bonchev–Trinajstić information content (AvgIpc) is 2.36. The summed E-state index contributed by atoms with van der Waals surface area (Å²) in [6, 6.07) is 0. The molecule has 0 radical (unpaired) electrons. The van der Waals surface area contributed by atoms with Crippen molar-refractivity contribution in [2.24, 2.45) is 16.2 Å². The molecule has 17 heavy (non-hydrogen) atoms. The van der Waals surface area contributed by atoms with Crippen LogP contribution in [-0.2, 0) is 4.74 Å². The third kappa shape index (κ3) is 2.01. The van der Waals surface area contributed by atoms with Crippen molar-refractivity contribution in [3.05, 3.63) is 11.3 Å². The molecule has 1 saturated carbocycles. The van der Waals surface area contributed by atoms with Crippen LogP contribution < -0.4 is 0 Å². The lowest BCUT2D eigenvalue weighted by Gasteiger charge is -2.37. The van der Waals surface area contributed by atoms with Crippen LogP contribution in [0.5, 0.6) is 0 Å². The van der Waals surface area contributed by atoms with Crippen LogP contribution in [0.25, 0.3) is 0 Å². The standard InChI is InChI=1S/C12H18N2O3/c1-7(13-15)11-8(2)17-10-6-4-3-5-9(10)12(11)14-16/h9-10,15-16H,3-6H2,1-2H3/b13-7-,14-12-. The molecule has 1 aliphatic carbocycles. The first-order valence-electron chi connectivity index (χ1n) is 5.98. The van der Waals surface area contributed by atoms with E-state index in [4.69, 9.17) is 9.94 Å². The maximum atomic E-state index is 9.22. The SMILES string of the molecule is CC1=C(/C(C)=N\O)/C(=N\O)C2CCCCC2O1. The molecule has 5 nitrogen and oxygen atoms in total. The zero-order chi connectivity index (χ0) is 12.4. The van der Waals surface area contributed by atoms with Gasteiger partial charge >= 0.3 is 0 Å². The Kier molecular flexibility index (Phi) is 3.36. The molecule has 1 aliphatic heterocycles. The molecule has 2 aliphatic rings. The van der Waals surface area contributed by atoms with Crippen LogP contribution in [0.1, 0.15) is 39.5 Å². The molecule has 2 N–H and O–H groups in total. The number of rotatable bonds is 1. The molecule has 2 unspecified atom stereocenters. The Morgan fingerprint density at radius 3 is 2.65 bits per heavy atom. The molecule has 1 heterocycles. The van der Waals surface area contributed by atoms with Crippen LogP contribution >= 0.6 is 0 Å². The Balaban J connectivity index is 2.42. The number of ether oxygens (including phenoxy) is 1. The van der Waals surface area contributed by atoms with Gasteiger partial charge in [0, 0.05) is 5.92 Å².